The molecule has 1 atom stereocenters. The molecule has 0 bridgehead atoms. The lowest BCUT2D eigenvalue weighted by Crippen LogP contribution is -2.31. The fourth-order valence-corrected chi connectivity index (χ4v) is 2.87. The van der Waals surface area contributed by atoms with Crippen LogP contribution in [-0.2, 0) is 11.3 Å². The average Bonchev–Trinajstić information content (AvgIpc) is 3.37. The average molecular weight is 354 g/mol. The second kappa shape index (κ2) is 9.07. The molecule has 1 saturated heterocycles. The van der Waals surface area contributed by atoms with Crippen LogP contribution in [0.3, 0.4) is 0 Å². The Morgan fingerprint density at radius 3 is 2.81 bits per heavy atom. The van der Waals surface area contributed by atoms with Gasteiger partial charge < -0.3 is 18.8 Å². The van der Waals surface area contributed by atoms with Crippen LogP contribution in [0.4, 0.5) is 0 Å². The van der Waals surface area contributed by atoms with Crippen molar-refractivity contribution in [3.05, 3.63) is 54.0 Å². The van der Waals surface area contributed by atoms with Crippen molar-refractivity contribution in [1.82, 2.24) is 4.90 Å². The zero-order chi connectivity index (χ0) is 18.2. The first-order valence-electron chi connectivity index (χ1n) is 8.79. The second-order valence-electron chi connectivity index (χ2n) is 6.18. The number of hydrogen-bond donors (Lipinski definition) is 0. The number of nitriles is 1. The molecule has 6 heteroatoms. The zero-order valence-electron chi connectivity index (χ0n) is 14.6. The molecule has 3 rings (SSSR count). The first-order chi connectivity index (χ1) is 12.8. The fourth-order valence-electron chi connectivity index (χ4n) is 2.87. The van der Waals surface area contributed by atoms with Gasteiger partial charge in [-0.1, -0.05) is 0 Å². The summed E-state index contributed by atoms with van der Waals surface area (Å²) in [5.74, 6) is 1.27. The molecule has 1 amide bonds. The Labute approximate surface area is 152 Å². The summed E-state index contributed by atoms with van der Waals surface area (Å²) < 4.78 is 16.6. The maximum atomic E-state index is 12.8. The number of furan rings is 1. The van der Waals surface area contributed by atoms with Crippen LogP contribution in [0.25, 0.3) is 0 Å². The van der Waals surface area contributed by atoms with Gasteiger partial charge in [0, 0.05) is 18.7 Å². The van der Waals surface area contributed by atoms with Crippen molar-refractivity contribution in [1.29, 1.82) is 5.26 Å². The van der Waals surface area contributed by atoms with Gasteiger partial charge in [-0.2, -0.15) is 5.26 Å². The summed E-state index contributed by atoms with van der Waals surface area (Å²) in [5, 5.41) is 8.84. The largest absolute Gasteiger partial charge is 0.491 e. The molecule has 136 valence electrons. The van der Waals surface area contributed by atoms with Crippen molar-refractivity contribution in [2.45, 2.75) is 31.9 Å². The molecule has 1 aromatic heterocycles. The molecule has 2 aromatic rings. The molecule has 1 unspecified atom stereocenters. The van der Waals surface area contributed by atoms with Crippen LogP contribution >= 0.6 is 0 Å². The van der Waals surface area contributed by atoms with E-state index in [1.165, 1.54) is 0 Å². The summed E-state index contributed by atoms with van der Waals surface area (Å²) in [6.45, 7) is 2.02. The van der Waals surface area contributed by atoms with Gasteiger partial charge in [0.05, 0.1) is 31.4 Å². The third-order valence-electron chi connectivity index (χ3n) is 4.27. The van der Waals surface area contributed by atoms with Crippen LogP contribution in [0.5, 0.6) is 5.75 Å². The molecule has 0 N–H and O–H groups in total. The molecule has 1 fully saturated rings. The van der Waals surface area contributed by atoms with Crippen molar-refractivity contribution in [3.63, 3.8) is 0 Å². The summed E-state index contributed by atoms with van der Waals surface area (Å²) >= 11 is 0. The Balaban J connectivity index is 1.61. The number of rotatable bonds is 8. The predicted molar refractivity (Wildman–Crippen MR) is 94.6 cm³/mol. The summed E-state index contributed by atoms with van der Waals surface area (Å²) in [6, 6.07) is 12.7. The molecule has 26 heavy (non-hydrogen) atoms. The molecular formula is C20H22N2O4. The Bertz CT molecular complexity index is 728. The van der Waals surface area contributed by atoms with E-state index in [2.05, 4.69) is 6.07 Å². The SMILES string of the molecule is N#CCCN(Cc1ccco1)C(=O)c1ccc(OCC2CCCO2)cc1. The van der Waals surface area contributed by atoms with Gasteiger partial charge in [0.25, 0.3) is 5.91 Å². The van der Waals surface area contributed by atoms with Gasteiger partial charge in [-0.05, 0) is 49.2 Å². The van der Waals surface area contributed by atoms with Crippen LogP contribution in [0.2, 0.25) is 0 Å². The van der Waals surface area contributed by atoms with Crippen molar-refractivity contribution in [2.75, 3.05) is 19.8 Å². The third kappa shape index (κ3) is 4.87. The number of hydrogen-bond acceptors (Lipinski definition) is 5. The van der Waals surface area contributed by atoms with Gasteiger partial charge >= 0.3 is 0 Å². The lowest BCUT2D eigenvalue weighted by atomic mass is 10.1. The number of amides is 1. The molecule has 0 radical (unpaired) electrons. The van der Waals surface area contributed by atoms with Crippen LogP contribution in [-0.4, -0.2) is 36.7 Å². The minimum Gasteiger partial charge on any atom is -0.491 e. The fraction of sp³-hybridized carbons (Fsp3) is 0.400. The number of carbonyl (C=O) groups excluding carboxylic acids is 1. The van der Waals surface area contributed by atoms with E-state index in [4.69, 9.17) is 19.2 Å². The summed E-state index contributed by atoms with van der Waals surface area (Å²) in [5.41, 5.74) is 0.555. The van der Waals surface area contributed by atoms with Crippen molar-refractivity contribution < 1.29 is 18.7 Å². The Hall–Kier alpha value is -2.78. The van der Waals surface area contributed by atoms with Gasteiger partial charge in [0.1, 0.15) is 18.1 Å². The van der Waals surface area contributed by atoms with Gasteiger partial charge in [-0.15, -0.1) is 0 Å². The summed E-state index contributed by atoms with van der Waals surface area (Å²) in [6.07, 6.45) is 4.11. The zero-order valence-corrected chi connectivity index (χ0v) is 14.6. The number of benzene rings is 1. The van der Waals surface area contributed by atoms with Crippen molar-refractivity contribution in [2.24, 2.45) is 0 Å². The number of ether oxygens (including phenoxy) is 2. The van der Waals surface area contributed by atoms with Crippen LogP contribution in [0.15, 0.2) is 47.1 Å². The monoisotopic (exact) mass is 354 g/mol. The van der Waals surface area contributed by atoms with Crippen molar-refractivity contribution in [3.8, 4) is 11.8 Å². The van der Waals surface area contributed by atoms with E-state index < -0.39 is 0 Å². The minimum absolute atomic E-state index is 0.137. The highest BCUT2D eigenvalue weighted by Crippen LogP contribution is 2.18. The molecule has 0 spiro atoms. The highest BCUT2D eigenvalue weighted by Gasteiger charge is 2.18. The summed E-state index contributed by atoms with van der Waals surface area (Å²) in [7, 11) is 0. The molecule has 1 aliphatic heterocycles. The molecule has 0 aliphatic carbocycles. The van der Waals surface area contributed by atoms with Crippen molar-refractivity contribution >= 4 is 5.91 Å². The Morgan fingerprint density at radius 1 is 1.31 bits per heavy atom. The lowest BCUT2D eigenvalue weighted by molar-refractivity contribution is 0.0678. The van der Waals surface area contributed by atoms with Crippen LogP contribution < -0.4 is 4.74 Å². The van der Waals surface area contributed by atoms with Crippen LogP contribution in [0, 0.1) is 11.3 Å². The third-order valence-corrected chi connectivity index (χ3v) is 4.27. The van der Waals surface area contributed by atoms with Gasteiger partial charge in [0.15, 0.2) is 0 Å². The highest BCUT2D eigenvalue weighted by molar-refractivity contribution is 5.94. The maximum absolute atomic E-state index is 12.8. The van der Waals surface area contributed by atoms with E-state index >= 15 is 0 Å². The van der Waals surface area contributed by atoms with Gasteiger partial charge in [0.2, 0.25) is 0 Å². The number of carbonyl (C=O) groups is 1. The van der Waals surface area contributed by atoms with Gasteiger partial charge in [-0.25, -0.2) is 0 Å². The molecular weight excluding hydrogens is 332 g/mol. The molecule has 2 heterocycles. The quantitative estimate of drug-likeness (QED) is 0.726. The predicted octanol–water partition coefficient (Wildman–Crippen LogP) is 3.39. The van der Waals surface area contributed by atoms with Gasteiger partial charge in [-0.3, -0.25) is 4.79 Å². The second-order valence-corrected chi connectivity index (χ2v) is 6.18. The Kier molecular flexibility index (Phi) is 6.29. The normalized spacial score (nSPS) is 16.2. The standard InChI is InChI=1S/C20H22N2O4/c21-10-3-11-22(14-18-4-1-12-24-18)20(23)16-6-8-17(9-7-16)26-15-19-5-2-13-25-19/h1,4,6-9,12,19H,2-3,5,11,13-15H2. The van der Waals surface area contributed by atoms with E-state index in [0.29, 0.717) is 36.8 Å². The molecule has 1 aromatic carbocycles. The Morgan fingerprint density at radius 2 is 2.15 bits per heavy atom. The van der Waals surface area contributed by atoms with E-state index in [1.54, 1.807) is 41.5 Å². The van der Waals surface area contributed by atoms with Crippen LogP contribution in [0.1, 0.15) is 35.4 Å². The highest BCUT2D eigenvalue weighted by atomic mass is 16.5. The van der Waals surface area contributed by atoms with E-state index in [0.717, 1.165) is 19.4 Å². The van der Waals surface area contributed by atoms with E-state index in [-0.39, 0.29) is 18.4 Å². The van der Waals surface area contributed by atoms with E-state index in [1.807, 2.05) is 6.07 Å². The number of nitrogens with zero attached hydrogens (tertiary/aromatic N) is 2. The molecule has 1 aliphatic rings. The molecule has 6 nitrogen and oxygen atoms in total. The first-order valence-corrected chi connectivity index (χ1v) is 8.79. The first kappa shape index (κ1) is 18.0. The minimum atomic E-state index is -0.137. The van der Waals surface area contributed by atoms with E-state index in [9.17, 15) is 4.79 Å². The summed E-state index contributed by atoms with van der Waals surface area (Å²) in [4.78, 5) is 14.4. The lowest BCUT2D eigenvalue weighted by Gasteiger charge is -2.20. The molecule has 0 saturated carbocycles. The smallest absolute Gasteiger partial charge is 0.254 e. The topological polar surface area (TPSA) is 75.7 Å². The maximum Gasteiger partial charge on any atom is 0.254 e.